The van der Waals surface area contributed by atoms with Gasteiger partial charge in [0.25, 0.3) is 5.56 Å². The summed E-state index contributed by atoms with van der Waals surface area (Å²) in [6.07, 6.45) is 4.38. The summed E-state index contributed by atoms with van der Waals surface area (Å²) in [5, 5.41) is 0. The van der Waals surface area contributed by atoms with E-state index in [9.17, 15) is 9.18 Å². The topological polar surface area (TPSA) is 34.9 Å². The van der Waals surface area contributed by atoms with Crippen LogP contribution in [0.2, 0.25) is 0 Å². The standard InChI is InChI=1S/C12H11FN2O/c1-9-3-2-4-15(12(9)16)8-10-5-11(13)7-14-6-10/h2-7H,8H2,1H3. The van der Waals surface area contributed by atoms with Gasteiger partial charge >= 0.3 is 0 Å². The lowest BCUT2D eigenvalue weighted by atomic mass is 10.2. The molecule has 0 fully saturated rings. The van der Waals surface area contributed by atoms with Crippen LogP contribution in [-0.2, 0) is 6.54 Å². The predicted molar refractivity (Wildman–Crippen MR) is 58.7 cm³/mol. The van der Waals surface area contributed by atoms with Gasteiger partial charge in [0.15, 0.2) is 0 Å². The van der Waals surface area contributed by atoms with Gasteiger partial charge in [0, 0.05) is 18.0 Å². The van der Waals surface area contributed by atoms with Gasteiger partial charge in [-0.1, -0.05) is 6.07 Å². The van der Waals surface area contributed by atoms with E-state index in [0.29, 0.717) is 17.7 Å². The van der Waals surface area contributed by atoms with Crippen LogP contribution >= 0.6 is 0 Å². The second kappa shape index (κ2) is 4.26. The van der Waals surface area contributed by atoms with Crippen LogP contribution in [0.4, 0.5) is 4.39 Å². The summed E-state index contributed by atoms with van der Waals surface area (Å²) in [5.74, 6) is -0.391. The van der Waals surface area contributed by atoms with Gasteiger partial charge in [-0.15, -0.1) is 0 Å². The molecule has 82 valence electrons. The Labute approximate surface area is 92.2 Å². The molecule has 2 aromatic heterocycles. The third-order valence-electron chi connectivity index (χ3n) is 2.32. The minimum atomic E-state index is -0.391. The Morgan fingerprint density at radius 3 is 3.00 bits per heavy atom. The lowest BCUT2D eigenvalue weighted by molar-refractivity contribution is 0.615. The smallest absolute Gasteiger partial charge is 0.253 e. The van der Waals surface area contributed by atoms with Crippen molar-refractivity contribution in [3.63, 3.8) is 0 Å². The van der Waals surface area contributed by atoms with Gasteiger partial charge in [-0.3, -0.25) is 9.78 Å². The molecule has 2 rings (SSSR count). The normalized spacial score (nSPS) is 10.4. The third kappa shape index (κ3) is 2.16. The highest BCUT2D eigenvalue weighted by Gasteiger charge is 2.01. The number of pyridine rings is 2. The molecule has 2 aromatic rings. The molecular formula is C12H11FN2O. The molecule has 0 spiro atoms. The maximum absolute atomic E-state index is 12.9. The van der Waals surface area contributed by atoms with Gasteiger partial charge in [-0.05, 0) is 24.6 Å². The van der Waals surface area contributed by atoms with Gasteiger partial charge in [-0.25, -0.2) is 4.39 Å². The summed E-state index contributed by atoms with van der Waals surface area (Å²) in [6.45, 7) is 2.09. The number of rotatable bonds is 2. The van der Waals surface area contributed by atoms with Crippen molar-refractivity contribution in [1.29, 1.82) is 0 Å². The highest BCUT2D eigenvalue weighted by molar-refractivity contribution is 5.13. The van der Waals surface area contributed by atoms with Crippen molar-refractivity contribution >= 4 is 0 Å². The predicted octanol–water partition coefficient (Wildman–Crippen LogP) is 1.74. The van der Waals surface area contributed by atoms with E-state index in [-0.39, 0.29) is 5.56 Å². The number of aryl methyl sites for hydroxylation is 1. The number of aromatic nitrogens is 2. The van der Waals surface area contributed by atoms with E-state index in [0.717, 1.165) is 6.20 Å². The molecule has 3 nitrogen and oxygen atoms in total. The first-order valence-electron chi connectivity index (χ1n) is 4.92. The molecule has 0 unspecified atom stereocenters. The zero-order chi connectivity index (χ0) is 11.5. The van der Waals surface area contributed by atoms with Crippen LogP contribution in [0.5, 0.6) is 0 Å². The molecular weight excluding hydrogens is 207 g/mol. The molecule has 0 radical (unpaired) electrons. The van der Waals surface area contributed by atoms with E-state index in [2.05, 4.69) is 4.98 Å². The quantitative estimate of drug-likeness (QED) is 0.769. The Hall–Kier alpha value is -1.97. The fourth-order valence-corrected chi connectivity index (χ4v) is 1.52. The summed E-state index contributed by atoms with van der Waals surface area (Å²) in [7, 11) is 0. The first-order valence-corrected chi connectivity index (χ1v) is 4.92. The molecule has 4 heteroatoms. The zero-order valence-electron chi connectivity index (χ0n) is 8.85. The summed E-state index contributed by atoms with van der Waals surface area (Å²) >= 11 is 0. The summed E-state index contributed by atoms with van der Waals surface area (Å²) < 4.78 is 14.4. The fraction of sp³-hybridized carbons (Fsp3) is 0.167. The van der Waals surface area contributed by atoms with Crippen LogP contribution in [0.1, 0.15) is 11.1 Å². The largest absolute Gasteiger partial charge is 0.311 e. The Morgan fingerprint density at radius 2 is 2.25 bits per heavy atom. The SMILES string of the molecule is Cc1cccn(Cc2cncc(F)c2)c1=O. The molecule has 0 atom stereocenters. The lowest BCUT2D eigenvalue weighted by Crippen LogP contribution is -2.21. The monoisotopic (exact) mass is 218 g/mol. The van der Waals surface area contributed by atoms with E-state index in [1.165, 1.54) is 10.6 Å². The lowest BCUT2D eigenvalue weighted by Gasteiger charge is -2.05. The van der Waals surface area contributed by atoms with Crippen LogP contribution in [0.15, 0.2) is 41.6 Å². The van der Waals surface area contributed by atoms with E-state index < -0.39 is 5.82 Å². The van der Waals surface area contributed by atoms with Gasteiger partial charge in [0.2, 0.25) is 0 Å². The second-order valence-corrected chi connectivity index (χ2v) is 3.64. The van der Waals surface area contributed by atoms with E-state index in [1.54, 1.807) is 31.5 Å². The van der Waals surface area contributed by atoms with Crippen LogP contribution in [0.3, 0.4) is 0 Å². The summed E-state index contributed by atoms with van der Waals surface area (Å²) in [6, 6.07) is 4.92. The summed E-state index contributed by atoms with van der Waals surface area (Å²) in [5.41, 5.74) is 1.28. The third-order valence-corrected chi connectivity index (χ3v) is 2.32. The highest BCUT2D eigenvalue weighted by Crippen LogP contribution is 2.02. The first kappa shape index (κ1) is 10.5. The molecule has 2 heterocycles. The maximum atomic E-state index is 12.9. The highest BCUT2D eigenvalue weighted by atomic mass is 19.1. The zero-order valence-corrected chi connectivity index (χ0v) is 8.85. The minimum absolute atomic E-state index is 0.0632. The van der Waals surface area contributed by atoms with Crippen LogP contribution < -0.4 is 5.56 Å². The molecule has 0 saturated heterocycles. The summed E-state index contributed by atoms with van der Waals surface area (Å²) in [4.78, 5) is 15.4. The van der Waals surface area contributed by atoms with Crippen molar-refractivity contribution in [2.75, 3.05) is 0 Å². The number of halogens is 1. The maximum Gasteiger partial charge on any atom is 0.253 e. The van der Waals surface area contributed by atoms with Gasteiger partial charge in [0.1, 0.15) is 5.82 Å². The molecule has 0 N–H and O–H groups in total. The first-order chi connectivity index (χ1) is 7.66. The Bertz CT molecular complexity index is 563. The van der Waals surface area contributed by atoms with Gasteiger partial charge < -0.3 is 4.57 Å². The molecule has 0 saturated carbocycles. The van der Waals surface area contributed by atoms with E-state index >= 15 is 0 Å². The average Bonchev–Trinajstić information content (AvgIpc) is 2.25. The fourth-order valence-electron chi connectivity index (χ4n) is 1.52. The Morgan fingerprint density at radius 1 is 1.44 bits per heavy atom. The van der Waals surface area contributed by atoms with Gasteiger partial charge in [0.05, 0.1) is 12.7 Å². The molecule has 0 aliphatic heterocycles. The number of nitrogens with zero attached hydrogens (tertiary/aromatic N) is 2. The van der Waals surface area contributed by atoms with Crippen LogP contribution in [0.25, 0.3) is 0 Å². The molecule has 0 aliphatic carbocycles. The number of hydrogen-bond donors (Lipinski definition) is 0. The van der Waals surface area contributed by atoms with Crippen molar-refractivity contribution in [2.24, 2.45) is 0 Å². The van der Waals surface area contributed by atoms with Crippen LogP contribution in [-0.4, -0.2) is 9.55 Å². The van der Waals surface area contributed by atoms with Crippen molar-refractivity contribution in [3.8, 4) is 0 Å². The molecule has 0 bridgehead atoms. The van der Waals surface area contributed by atoms with Crippen molar-refractivity contribution in [3.05, 3.63) is 64.1 Å². The average molecular weight is 218 g/mol. The van der Waals surface area contributed by atoms with Crippen molar-refractivity contribution < 1.29 is 4.39 Å². The Kier molecular flexibility index (Phi) is 2.81. The molecule has 0 amide bonds. The van der Waals surface area contributed by atoms with Crippen molar-refractivity contribution in [2.45, 2.75) is 13.5 Å². The number of hydrogen-bond acceptors (Lipinski definition) is 2. The van der Waals surface area contributed by atoms with E-state index in [1.807, 2.05) is 0 Å². The van der Waals surface area contributed by atoms with Crippen LogP contribution in [0, 0.1) is 12.7 Å². The Balaban J connectivity index is 2.34. The molecule has 0 aliphatic rings. The molecule has 16 heavy (non-hydrogen) atoms. The minimum Gasteiger partial charge on any atom is -0.311 e. The molecule has 0 aromatic carbocycles. The van der Waals surface area contributed by atoms with Gasteiger partial charge in [-0.2, -0.15) is 0 Å². The van der Waals surface area contributed by atoms with Crippen molar-refractivity contribution in [1.82, 2.24) is 9.55 Å². The second-order valence-electron chi connectivity index (χ2n) is 3.64. The van der Waals surface area contributed by atoms with E-state index in [4.69, 9.17) is 0 Å².